The van der Waals surface area contributed by atoms with Crippen LogP contribution in [0.2, 0.25) is 0 Å². The number of carbonyl (C=O) groups excluding carboxylic acids is 2. The topological polar surface area (TPSA) is 74.0 Å². The molecule has 5 nitrogen and oxygen atoms in total. The van der Waals surface area contributed by atoms with Crippen LogP contribution in [0.4, 0.5) is 10.5 Å². The van der Waals surface area contributed by atoms with E-state index in [1.165, 1.54) is 0 Å². The number of anilines is 1. The second-order valence-corrected chi connectivity index (χ2v) is 6.07. The summed E-state index contributed by atoms with van der Waals surface area (Å²) in [5.41, 5.74) is 3.04. The highest BCUT2D eigenvalue weighted by molar-refractivity contribution is 9.10. The van der Waals surface area contributed by atoms with E-state index in [-0.39, 0.29) is 0 Å². The Bertz CT molecular complexity index is 902. The van der Waals surface area contributed by atoms with E-state index in [9.17, 15) is 9.59 Å². The van der Waals surface area contributed by atoms with Gasteiger partial charge in [-0.25, -0.2) is 4.79 Å². The van der Waals surface area contributed by atoms with E-state index in [0.29, 0.717) is 11.3 Å². The van der Waals surface area contributed by atoms with Gasteiger partial charge in [-0.1, -0.05) is 22.0 Å². The van der Waals surface area contributed by atoms with Crippen LogP contribution in [-0.2, 0) is 0 Å². The Hall–Kier alpha value is -2.60. The number of nitrogens with one attached hydrogen (secondary N) is 3. The normalized spacial score (nSPS) is 10.5. The van der Waals surface area contributed by atoms with Crippen molar-refractivity contribution in [1.82, 2.24) is 10.3 Å². The molecule has 3 aromatic rings. The summed E-state index contributed by atoms with van der Waals surface area (Å²) >= 11 is 3.32. The summed E-state index contributed by atoms with van der Waals surface area (Å²) in [5, 5.41) is 5.91. The number of aromatic nitrogens is 1. The molecule has 0 aliphatic carbocycles. The van der Waals surface area contributed by atoms with Gasteiger partial charge < -0.3 is 10.3 Å². The summed E-state index contributed by atoms with van der Waals surface area (Å²) in [6, 6.07) is 11.8. The van der Waals surface area contributed by atoms with Crippen LogP contribution in [0.1, 0.15) is 15.9 Å². The van der Waals surface area contributed by atoms with Crippen LogP contribution < -0.4 is 10.6 Å². The fourth-order valence-electron chi connectivity index (χ4n) is 2.31. The Morgan fingerprint density at radius 1 is 1.13 bits per heavy atom. The van der Waals surface area contributed by atoms with E-state index in [1.54, 1.807) is 30.3 Å². The molecule has 0 aliphatic rings. The van der Waals surface area contributed by atoms with E-state index in [0.717, 1.165) is 20.9 Å². The smallest absolute Gasteiger partial charge is 0.326 e. The van der Waals surface area contributed by atoms with E-state index < -0.39 is 11.9 Å². The lowest BCUT2D eigenvalue weighted by atomic mass is 10.1. The summed E-state index contributed by atoms with van der Waals surface area (Å²) in [5.74, 6) is -0.444. The molecule has 23 heavy (non-hydrogen) atoms. The lowest BCUT2D eigenvalue weighted by Gasteiger charge is -2.07. The molecule has 0 saturated heterocycles. The zero-order chi connectivity index (χ0) is 16.4. The summed E-state index contributed by atoms with van der Waals surface area (Å²) < 4.78 is 0.843. The number of carbonyl (C=O) groups is 2. The SMILES string of the molecule is Cc1c[nH]c2ccc(C(=O)NC(=O)Nc3cccc(Br)c3)cc12. The molecule has 3 rings (SSSR count). The Morgan fingerprint density at radius 2 is 1.96 bits per heavy atom. The molecule has 3 N–H and O–H groups in total. The number of halogens is 1. The van der Waals surface area contributed by atoms with Crippen LogP contribution in [0.25, 0.3) is 10.9 Å². The highest BCUT2D eigenvalue weighted by Crippen LogP contribution is 2.19. The zero-order valence-electron chi connectivity index (χ0n) is 12.3. The zero-order valence-corrected chi connectivity index (χ0v) is 13.9. The number of hydrogen-bond donors (Lipinski definition) is 3. The number of fused-ring (bicyclic) bond motifs is 1. The standard InChI is InChI=1S/C17H14BrN3O2/c1-10-9-19-15-6-5-11(7-14(10)15)16(22)21-17(23)20-13-4-2-3-12(18)8-13/h2-9,19H,1H3,(H2,20,21,22,23). The monoisotopic (exact) mass is 371 g/mol. The molecule has 0 aliphatic heterocycles. The largest absolute Gasteiger partial charge is 0.361 e. The van der Waals surface area contributed by atoms with Crippen molar-refractivity contribution >= 4 is 44.5 Å². The molecule has 0 unspecified atom stereocenters. The molecule has 1 heterocycles. The van der Waals surface area contributed by atoms with Crippen molar-refractivity contribution in [3.8, 4) is 0 Å². The van der Waals surface area contributed by atoms with Crippen molar-refractivity contribution in [2.24, 2.45) is 0 Å². The summed E-state index contributed by atoms with van der Waals surface area (Å²) in [6.45, 7) is 1.96. The van der Waals surface area contributed by atoms with Crippen molar-refractivity contribution < 1.29 is 9.59 Å². The molecule has 0 spiro atoms. The predicted molar refractivity (Wildman–Crippen MR) is 93.7 cm³/mol. The number of hydrogen-bond acceptors (Lipinski definition) is 2. The summed E-state index contributed by atoms with van der Waals surface area (Å²) in [6.07, 6.45) is 1.88. The number of rotatable bonds is 2. The Balaban J connectivity index is 1.72. The summed E-state index contributed by atoms with van der Waals surface area (Å²) in [4.78, 5) is 27.2. The number of aryl methyl sites for hydroxylation is 1. The third-order valence-corrected chi connectivity index (χ3v) is 3.95. The van der Waals surface area contributed by atoms with Gasteiger partial charge in [-0.05, 0) is 48.9 Å². The minimum atomic E-state index is -0.570. The van der Waals surface area contributed by atoms with Crippen LogP contribution in [0.5, 0.6) is 0 Å². The van der Waals surface area contributed by atoms with Crippen LogP contribution >= 0.6 is 15.9 Å². The average Bonchev–Trinajstić information content (AvgIpc) is 2.88. The van der Waals surface area contributed by atoms with Gasteiger partial charge in [0, 0.05) is 32.8 Å². The van der Waals surface area contributed by atoms with E-state index in [4.69, 9.17) is 0 Å². The molecular weight excluding hydrogens is 358 g/mol. The summed E-state index contributed by atoms with van der Waals surface area (Å²) in [7, 11) is 0. The van der Waals surface area contributed by atoms with Crippen molar-refractivity contribution in [3.05, 3.63) is 64.3 Å². The minimum absolute atomic E-state index is 0.435. The maximum Gasteiger partial charge on any atom is 0.326 e. The minimum Gasteiger partial charge on any atom is -0.361 e. The molecule has 2 aromatic carbocycles. The van der Waals surface area contributed by atoms with Crippen LogP contribution in [-0.4, -0.2) is 16.9 Å². The van der Waals surface area contributed by atoms with Gasteiger partial charge >= 0.3 is 6.03 Å². The van der Waals surface area contributed by atoms with E-state index >= 15 is 0 Å². The van der Waals surface area contributed by atoms with Gasteiger partial charge in [0.25, 0.3) is 5.91 Å². The van der Waals surface area contributed by atoms with E-state index in [1.807, 2.05) is 25.3 Å². The molecule has 0 atom stereocenters. The quantitative estimate of drug-likeness (QED) is 0.631. The van der Waals surface area contributed by atoms with Crippen molar-refractivity contribution in [3.63, 3.8) is 0 Å². The fourth-order valence-corrected chi connectivity index (χ4v) is 2.70. The van der Waals surface area contributed by atoms with Gasteiger partial charge in [0.2, 0.25) is 0 Å². The van der Waals surface area contributed by atoms with Gasteiger partial charge in [0.05, 0.1) is 0 Å². The second kappa shape index (κ2) is 6.26. The first kappa shape index (κ1) is 15.3. The van der Waals surface area contributed by atoms with E-state index in [2.05, 4.69) is 31.5 Å². The first-order chi connectivity index (χ1) is 11.0. The number of H-pyrrole nitrogens is 1. The molecule has 1 aromatic heterocycles. The average molecular weight is 372 g/mol. The number of urea groups is 1. The number of benzene rings is 2. The lowest BCUT2D eigenvalue weighted by molar-refractivity contribution is 0.0967. The molecule has 0 bridgehead atoms. The lowest BCUT2D eigenvalue weighted by Crippen LogP contribution is -2.34. The second-order valence-electron chi connectivity index (χ2n) is 5.15. The van der Waals surface area contributed by atoms with Crippen LogP contribution in [0.3, 0.4) is 0 Å². The van der Waals surface area contributed by atoms with Gasteiger partial charge in [0.15, 0.2) is 0 Å². The first-order valence-corrected chi connectivity index (χ1v) is 7.78. The third kappa shape index (κ3) is 3.43. The Labute approximate surface area is 141 Å². The van der Waals surface area contributed by atoms with Gasteiger partial charge in [-0.3, -0.25) is 10.1 Å². The maximum atomic E-state index is 12.2. The molecule has 0 fully saturated rings. The molecule has 3 amide bonds. The Kier molecular flexibility index (Phi) is 4.16. The predicted octanol–water partition coefficient (Wildman–Crippen LogP) is 4.20. The highest BCUT2D eigenvalue weighted by Gasteiger charge is 2.12. The van der Waals surface area contributed by atoms with Crippen molar-refractivity contribution in [1.29, 1.82) is 0 Å². The van der Waals surface area contributed by atoms with Gasteiger partial charge in [-0.15, -0.1) is 0 Å². The van der Waals surface area contributed by atoms with Crippen LogP contribution in [0, 0.1) is 6.92 Å². The van der Waals surface area contributed by atoms with Gasteiger partial charge in [0.1, 0.15) is 0 Å². The molecule has 0 saturated carbocycles. The molecular formula is C17H14BrN3O2. The fraction of sp³-hybridized carbons (Fsp3) is 0.0588. The molecule has 116 valence electrons. The van der Waals surface area contributed by atoms with Crippen molar-refractivity contribution in [2.45, 2.75) is 6.92 Å². The van der Waals surface area contributed by atoms with Crippen molar-refractivity contribution in [2.75, 3.05) is 5.32 Å². The Morgan fingerprint density at radius 3 is 2.74 bits per heavy atom. The highest BCUT2D eigenvalue weighted by atomic mass is 79.9. The number of amides is 3. The van der Waals surface area contributed by atoms with Gasteiger partial charge in [-0.2, -0.15) is 0 Å². The molecule has 0 radical (unpaired) electrons. The van der Waals surface area contributed by atoms with Crippen LogP contribution in [0.15, 0.2) is 53.1 Å². The number of aromatic amines is 1. The number of imide groups is 1. The maximum absolute atomic E-state index is 12.2. The first-order valence-electron chi connectivity index (χ1n) is 6.98. The molecule has 6 heteroatoms. The third-order valence-electron chi connectivity index (χ3n) is 3.46.